The Kier molecular flexibility index (Phi) is 2.77. The zero-order valence-electron chi connectivity index (χ0n) is 7.19. The van der Waals surface area contributed by atoms with Crippen molar-refractivity contribution in [2.24, 2.45) is 5.73 Å². The van der Waals surface area contributed by atoms with Gasteiger partial charge in [0.05, 0.1) is 0 Å². The zero-order chi connectivity index (χ0) is 9.42. The minimum Gasteiger partial charge on any atom is -0.324 e. The molecule has 1 unspecified atom stereocenters. The Morgan fingerprint density at radius 1 is 1.23 bits per heavy atom. The van der Waals surface area contributed by atoms with E-state index in [0.29, 0.717) is 0 Å². The van der Waals surface area contributed by atoms with Crippen LogP contribution in [0.25, 0.3) is 0 Å². The Balaban J connectivity index is 2.52. The molecular weight excluding hydrogens is 294 g/mol. The van der Waals surface area contributed by atoms with E-state index in [0.717, 1.165) is 21.8 Å². The molecule has 3 heteroatoms. The van der Waals surface area contributed by atoms with E-state index in [1.807, 2.05) is 0 Å². The maximum absolute atomic E-state index is 6.03. The molecule has 0 radical (unpaired) electrons. The molecule has 0 aromatic heterocycles. The van der Waals surface area contributed by atoms with Gasteiger partial charge in [-0.2, -0.15) is 0 Å². The molecule has 2 N–H and O–H groups in total. The zero-order valence-corrected chi connectivity index (χ0v) is 10.4. The van der Waals surface area contributed by atoms with Crippen LogP contribution in [0.1, 0.15) is 30.0 Å². The number of hydrogen-bond donors (Lipinski definition) is 1. The second-order valence-corrected chi connectivity index (χ2v) is 5.17. The van der Waals surface area contributed by atoms with Crippen molar-refractivity contribution < 1.29 is 0 Å². The molecular formula is C10H11Br2N. The maximum Gasteiger partial charge on any atom is 0.0320 e. The molecule has 0 spiro atoms. The molecule has 0 amide bonds. The minimum absolute atomic E-state index is 0.230. The van der Waals surface area contributed by atoms with Crippen molar-refractivity contribution in [1.29, 1.82) is 0 Å². The number of benzene rings is 1. The van der Waals surface area contributed by atoms with Crippen LogP contribution in [-0.4, -0.2) is 0 Å². The van der Waals surface area contributed by atoms with E-state index in [4.69, 9.17) is 5.73 Å². The fourth-order valence-electron chi connectivity index (χ4n) is 1.83. The third kappa shape index (κ3) is 1.83. The first-order valence-corrected chi connectivity index (χ1v) is 6.00. The van der Waals surface area contributed by atoms with E-state index >= 15 is 0 Å². The molecule has 1 aliphatic carbocycles. The second-order valence-electron chi connectivity index (χ2n) is 3.46. The van der Waals surface area contributed by atoms with Crippen LogP contribution in [0, 0.1) is 0 Å². The molecule has 0 saturated heterocycles. The van der Waals surface area contributed by atoms with Crippen molar-refractivity contribution in [3.8, 4) is 0 Å². The molecule has 1 nitrogen and oxygen atoms in total. The number of fused-ring (bicyclic) bond motifs is 1. The van der Waals surface area contributed by atoms with Crippen molar-refractivity contribution in [3.63, 3.8) is 0 Å². The van der Waals surface area contributed by atoms with Crippen LogP contribution < -0.4 is 5.73 Å². The first kappa shape index (κ1) is 9.69. The summed E-state index contributed by atoms with van der Waals surface area (Å²) in [5, 5.41) is 0. The summed E-state index contributed by atoms with van der Waals surface area (Å²) in [5.74, 6) is 0. The van der Waals surface area contributed by atoms with Crippen LogP contribution in [0.4, 0.5) is 0 Å². The Morgan fingerprint density at radius 3 is 2.69 bits per heavy atom. The van der Waals surface area contributed by atoms with E-state index in [2.05, 4.69) is 44.0 Å². The fraction of sp³-hybridized carbons (Fsp3) is 0.400. The summed E-state index contributed by atoms with van der Waals surface area (Å²) < 4.78 is 2.23. The molecule has 2 rings (SSSR count). The van der Waals surface area contributed by atoms with Crippen molar-refractivity contribution in [3.05, 3.63) is 32.2 Å². The monoisotopic (exact) mass is 303 g/mol. The molecule has 0 heterocycles. The third-order valence-electron chi connectivity index (χ3n) is 2.54. The van der Waals surface area contributed by atoms with Gasteiger partial charge in [0.25, 0.3) is 0 Å². The molecule has 70 valence electrons. The van der Waals surface area contributed by atoms with E-state index in [1.165, 1.54) is 17.5 Å². The number of halogens is 2. The van der Waals surface area contributed by atoms with Crippen molar-refractivity contribution in [1.82, 2.24) is 0 Å². The van der Waals surface area contributed by atoms with E-state index < -0.39 is 0 Å². The summed E-state index contributed by atoms with van der Waals surface area (Å²) >= 11 is 7.01. The van der Waals surface area contributed by atoms with Crippen LogP contribution in [0.15, 0.2) is 21.1 Å². The average Bonchev–Trinajstić information content (AvgIpc) is 2.09. The summed E-state index contributed by atoms with van der Waals surface area (Å²) in [6.07, 6.45) is 3.48. The normalized spacial score (nSPS) is 21.3. The first-order chi connectivity index (χ1) is 6.18. The fourth-order valence-corrected chi connectivity index (χ4v) is 2.58. The highest BCUT2D eigenvalue weighted by Crippen LogP contribution is 2.34. The van der Waals surface area contributed by atoms with E-state index in [-0.39, 0.29) is 6.04 Å². The van der Waals surface area contributed by atoms with Crippen molar-refractivity contribution in [2.45, 2.75) is 25.3 Å². The maximum atomic E-state index is 6.03. The highest BCUT2D eigenvalue weighted by atomic mass is 79.9. The van der Waals surface area contributed by atoms with Gasteiger partial charge in [0, 0.05) is 15.0 Å². The van der Waals surface area contributed by atoms with E-state index in [1.54, 1.807) is 0 Å². The highest BCUT2D eigenvalue weighted by Gasteiger charge is 2.17. The largest absolute Gasteiger partial charge is 0.324 e. The van der Waals surface area contributed by atoms with Crippen LogP contribution in [0.2, 0.25) is 0 Å². The smallest absolute Gasteiger partial charge is 0.0320 e. The van der Waals surface area contributed by atoms with Gasteiger partial charge in [-0.05, 0) is 74.4 Å². The van der Waals surface area contributed by atoms with Crippen LogP contribution >= 0.6 is 31.9 Å². The lowest BCUT2D eigenvalue weighted by Crippen LogP contribution is -2.17. The predicted octanol–water partition coefficient (Wildman–Crippen LogP) is 3.55. The molecule has 0 bridgehead atoms. The molecule has 1 aliphatic rings. The molecule has 1 aromatic carbocycles. The Bertz CT molecular complexity index is 336. The Labute approximate surface area is 95.0 Å². The molecule has 1 aromatic rings. The van der Waals surface area contributed by atoms with Crippen molar-refractivity contribution >= 4 is 31.9 Å². The van der Waals surface area contributed by atoms with Crippen LogP contribution in [-0.2, 0) is 6.42 Å². The molecule has 0 saturated carbocycles. The number of hydrogen-bond acceptors (Lipinski definition) is 1. The molecule has 13 heavy (non-hydrogen) atoms. The van der Waals surface area contributed by atoms with Crippen molar-refractivity contribution in [2.75, 3.05) is 0 Å². The van der Waals surface area contributed by atoms with Gasteiger partial charge in [-0.3, -0.25) is 0 Å². The van der Waals surface area contributed by atoms with Gasteiger partial charge in [-0.15, -0.1) is 0 Å². The molecule has 1 atom stereocenters. The summed E-state index contributed by atoms with van der Waals surface area (Å²) in [6.45, 7) is 0. The quantitative estimate of drug-likeness (QED) is 0.779. The lowest BCUT2D eigenvalue weighted by Gasteiger charge is -2.22. The lowest BCUT2D eigenvalue weighted by molar-refractivity contribution is 0.570. The second kappa shape index (κ2) is 3.71. The number of rotatable bonds is 0. The highest BCUT2D eigenvalue weighted by molar-refractivity contribution is 9.13. The molecule has 0 fully saturated rings. The summed E-state index contributed by atoms with van der Waals surface area (Å²) in [6, 6.07) is 4.55. The summed E-state index contributed by atoms with van der Waals surface area (Å²) in [4.78, 5) is 0. The SMILES string of the molecule is NC1CCCc2cc(Br)c(Br)cc21. The third-order valence-corrected chi connectivity index (χ3v) is 4.39. The van der Waals surface area contributed by atoms with Gasteiger partial charge >= 0.3 is 0 Å². The predicted molar refractivity (Wildman–Crippen MR) is 61.7 cm³/mol. The van der Waals surface area contributed by atoms with Crippen LogP contribution in [0.3, 0.4) is 0 Å². The standard InChI is InChI=1S/C10H11Br2N/c11-8-4-6-2-1-3-10(13)7(6)5-9(8)12/h4-5,10H,1-3,13H2. The topological polar surface area (TPSA) is 26.0 Å². The minimum atomic E-state index is 0.230. The van der Waals surface area contributed by atoms with Gasteiger partial charge in [0.2, 0.25) is 0 Å². The van der Waals surface area contributed by atoms with Crippen LogP contribution in [0.5, 0.6) is 0 Å². The Morgan fingerprint density at radius 2 is 1.92 bits per heavy atom. The summed E-state index contributed by atoms with van der Waals surface area (Å²) in [7, 11) is 0. The summed E-state index contributed by atoms with van der Waals surface area (Å²) in [5.41, 5.74) is 8.73. The number of aryl methyl sites for hydroxylation is 1. The van der Waals surface area contributed by atoms with E-state index in [9.17, 15) is 0 Å². The van der Waals surface area contributed by atoms with Gasteiger partial charge in [-0.1, -0.05) is 0 Å². The van der Waals surface area contributed by atoms with Gasteiger partial charge in [0.15, 0.2) is 0 Å². The Hall–Kier alpha value is 0.140. The van der Waals surface area contributed by atoms with Gasteiger partial charge < -0.3 is 5.73 Å². The number of nitrogens with two attached hydrogens (primary N) is 1. The van der Waals surface area contributed by atoms with Gasteiger partial charge in [-0.25, -0.2) is 0 Å². The lowest BCUT2D eigenvalue weighted by atomic mass is 9.88. The molecule has 0 aliphatic heterocycles. The van der Waals surface area contributed by atoms with Gasteiger partial charge in [0.1, 0.15) is 0 Å². The average molecular weight is 305 g/mol. The first-order valence-electron chi connectivity index (χ1n) is 4.42.